The number of nitrogens with zero attached hydrogens (tertiary/aromatic N) is 3. The van der Waals surface area contributed by atoms with Crippen LogP contribution in [0.3, 0.4) is 0 Å². The van der Waals surface area contributed by atoms with E-state index in [1.165, 1.54) is 0 Å². The molecule has 6 nitrogen and oxygen atoms in total. The summed E-state index contributed by atoms with van der Waals surface area (Å²) < 4.78 is 29.8. The molecule has 0 unspecified atom stereocenters. The monoisotopic (exact) mass is 392 g/mol. The van der Waals surface area contributed by atoms with Gasteiger partial charge in [-0.3, -0.25) is 4.98 Å². The van der Waals surface area contributed by atoms with Gasteiger partial charge in [0, 0.05) is 31.0 Å². The van der Waals surface area contributed by atoms with Crippen molar-refractivity contribution in [3.63, 3.8) is 0 Å². The van der Waals surface area contributed by atoms with E-state index in [0.717, 1.165) is 28.0 Å². The number of hydrogen-bond acceptors (Lipinski definition) is 4. The van der Waals surface area contributed by atoms with Gasteiger partial charge in [0.05, 0.1) is 15.9 Å². The summed E-state index contributed by atoms with van der Waals surface area (Å²) in [6.07, 6.45) is 3.44. The number of pyridine rings is 1. The number of nitrogens with one attached hydrogen (secondary N) is 1. The molecule has 0 saturated carbocycles. The largest absolute Gasteiger partial charge is 0.323 e. The van der Waals surface area contributed by atoms with Crippen molar-refractivity contribution >= 4 is 21.1 Å². The number of para-hydroxylation sites is 2. The fraction of sp³-hybridized carbons (Fsp3) is 0.143. The number of fused-ring (bicyclic) bond motifs is 1. The van der Waals surface area contributed by atoms with E-state index in [9.17, 15) is 8.42 Å². The molecular weight excluding hydrogens is 372 g/mol. The molecule has 0 spiro atoms. The second kappa shape index (κ2) is 7.53. The molecule has 0 amide bonds. The third kappa shape index (κ3) is 3.67. The predicted molar refractivity (Wildman–Crippen MR) is 109 cm³/mol. The van der Waals surface area contributed by atoms with Crippen molar-refractivity contribution in [3.05, 3.63) is 78.6 Å². The Labute approximate surface area is 163 Å². The standard InChI is InChI=1S/C21H20N4O2S/c1-16-6-8-18(9-7-16)28(26,27)23-14-15-25-20-5-3-2-4-19(20)24-21(25)17-10-12-22-13-11-17/h2-13,23H,14-15H2,1H3. The average Bonchev–Trinajstić information content (AvgIpc) is 3.08. The van der Waals surface area contributed by atoms with Crippen molar-refractivity contribution in [1.29, 1.82) is 0 Å². The molecule has 0 atom stereocenters. The summed E-state index contributed by atoms with van der Waals surface area (Å²) in [5, 5.41) is 0. The lowest BCUT2D eigenvalue weighted by molar-refractivity contribution is 0.574. The Bertz CT molecular complexity index is 1200. The third-order valence-electron chi connectivity index (χ3n) is 4.55. The van der Waals surface area contributed by atoms with E-state index in [2.05, 4.69) is 9.71 Å². The molecule has 28 heavy (non-hydrogen) atoms. The van der Waals surface area contributed by atoms with Gasteiger partial charge in [-0.05, 0) is 43.3 Å². The van der Waals surface area contributed by atoms with Gasteiger partial charge in [0.25, 0.3) is 0 Å². The Balaban J connectivity index is 1.60. The molecule has 1 N–H and O–H groups in total. The summed E-state index contributed by atoms with van der Waals surface area (Å²) in [5.41, 5.74) is 3.79. The molecule has 2 aromatic heterocycles. The van der Waals surface area contributed by atoms with Gasteiger partial charge in [0.15, 0.2) is 0 Å². The minimum absolute atomic E-state index is 0.259. The van der Waals surface area contributed by atoms with E-state index in [-0.39, 0.29) is 11.4 Å². The zero-order chi connectivity index (χ0) is 19.6. The Morgan fingerprint density at radius 3 is 2.43 bits per heavy atom. The van der Waals surface area contributed by atoms with Crippen LogP contribution in [0.25, 0.3) is 22.4 Å². The lowest BCUT2D eigenvalue weighted by Gasteiger charge is -2.11. The number of aryl methyl sites for hydroxylation is 1. The van der Waals surface area contributed by atoms with Crippen LogP contribution < -0.4 is 4.72 Å². The molecule has 0 bridgehead atoms. The van der Waals surface area contributed by atoms with E-state index < -0.39 is 10.0 Å². The summed E-state index contributed by atoms with van der Waals surface area (Å²) in [4.78, 5) is 9.05. The first-order valence-electron chi connectivity index (χ1n) is 8.96. The first-order chi connectivity index (χ1) is 13.5. The van der Waals surface area contributed by atoms with Crippen LogP contribution in [-0.4, -0.2) is 29.5 Å². The lowest BCUT2D eigenvalue weighted by Crippen LogP contribution is -2.27. The highest BCUT2D eigenvalue weighted by molar-refractivity contribution is 7.89. The molecule has 2 heterocycles. The van der Waals surface area contributed by atoms with E-state index in [0.29, 0.717) is 6.54 Å². The van der Waals surface area contributed by atoms with E-state index in [1.54, 1.807) is 36.7 Å². The van der Waals surface area contributed by atoms with Gasteiger partial charge in [0.1, 0.15) is 5.82 Å². The molecular formula is C21H20N4O2S. The normalized spacial score (nSPS) is 11.8. The van der Waals surface area contributed by atoms with E-state index in [4.69, 9.17) is 4.98 Å². The summed E-state index contributed by atoms with van der Waals surface area (Å²) in [5.74, 6) is 0.790. The average molecular weight is 392 g/mol. The summed E-state index contributed by atoms with van der Waals surface area (Å²) >= 11 is 0. The van der Waals surface area contributed by atoms with Crippen LogP contribution in [0.15, 0.2) is 78.0 Å². The molecule has 2 aromatic carbocycles. The highest BCUT2D eigenvalue weighted by Crippen LogP contribution is 2.24. The lowest BCUT2D eigenvalue weighted by atomic mass is 10.2. The zero-order valence-electron chi connectivity index (χ0n) is 15.4. The Morgan fingerprint density at radius 1 is 0.964 bits per heavy atom. The number of benzene rings is 2. The highest BCUT2D eigenvalue weighted by atomic mass is 32.2. The molecule has 0 aliphatic rings. The van der Waals surface area contributed by atoms with Gasteiger partial charge >= 0.3 is 0 Å². The molecule has 142 valence electrons. The molecule has 0 radical (unpaired) electrons. The molecule has 7 heteroatoms. The van der Waals surface area contributed by atoms with Gasteiger partial charge in [-0.15, -0.1) is 0 Å². The fourth-order valence-electron chi connectivity index (χ4n) is 3.12. The van der Waals surface area contributed by atoms with Crippen LogP contribution in [0.2, 0.25) is 0 Å². The van der Waals surface area contributed by atoms with Crippen molar-refractivity contribution in [2.75, 3.05) is 6.54 Å². The summed E-state index contributed by atoms with van der Waals surface area (Å²) in [6, 6.07) is 18.4. The minimum atomic E-state index is -3.55. The van der Waals surface area contributed by atoms with Crippen molar-refractivity contribution in [2.45, 2.75) is 18.4 Å². The predicted octanol–water partition coefficient (Wildman–Crippen LogP) is 3.39. The highest BCUT2D eigenvalue weighted by Gasteiger charge is 2.15. The maximum Gasteiger partial charge on any atom is 0.240 e. The summed E-state index contributed by atoms with van der Waals surface area (Å²) in [7, 11) is -3.55. The van der Waals surface area contributed by atoms with E-state index >= 15 is 0 Å². The molecule has 0 saturated heterocycles. The van der Waals surface area contributed by atoms with Crippen LogP contribution in [-0.2, 0) is 16.6 Å². The topological polar surface area (TPSA) is 76.9 Å². The molecule has 0 fully saturated rings. The molecule has 4 rings (SSSR count). The number of rotatable bonds is 6. The Hall–Kier alpha value is -3.03. The minimum Gasteiger partial charge on any atom is -0.323 e. The fourth-order valence-corrected chi connectivity index (χ4v) is 4.14. The van der Waals surface area contributed by atoms with Crippen molar-refractivity contribution < 1.29 is 8.42 Å². The van der Waals surface area contributed by atoms with Gasteiger partial charge < -0.3 is 4.57 Å². The maximum absolute atomic E-state index is 12.5. The van der Waals surface area contributed by atoms with Crippen LogP contribution in [0.1, 0.15) is 5.56 Å². The van der Waals surface area contributed by atoms with Crippen LogP contribution in [0.4, 0.5) is 0 Å². The molecule has 0 aliphatic carbocycles. The quantitative estimate of drug-likeness (QED) is 0.546. The Morgan fingerprint density at radius 2 is 1.68 bits per heavy atom. The maximum atomic E-state index is 12.5. The first kappa shape index (κ1) is 18.3. The number of aromatic nitrogens is 3. The number of imidazole rings is 1. The number of hydrogen-bond donors (Lipinski definition) is 1. The summed E-state index contributed by atoms with van der Waals surface area (Å²) in [6.45, 7) is 2.65. The van der Waals surface area contributed by atoms with Crippen molar-refractivity contribution in [3.8, 4) is 11.4 Å². The number of sulfonamides is 1. The van der Waals surface area contributed by atoms with Crippen LogP contribution >= 0.6 is 0 Å². The smallest absolute Gasteiger partial charge is 0.240 e. The van der Waals surface area contributed by atoms with Gasteiger partial charge in [-0.1, -0.05) is 29.8 Å². The van der Waals surface area contributed by atoms with Gasteiger partial charge in [0.2, 0.25) is 10.0 Å². The van der Waals surface area contributed by atoms with Gasteiger partial charge in [-0.2, -0.15) is 0 Å². The van der Waals surface area contributed by atoms with E-state index in [1.807, 2.05) is 47.9 Å². The SMILES string of the molecule is Cc1ccc(S(=O)(=O)NCCn2c(-c3ccncc3)nc3ccccc32)cc1. The Kier molecular flexibility index (Phi) is 4.93. The first-order valence-corrected chi connectivity index (χ1v) is 10.4. The van der Waals surface area contributed by atoms with Crippen LogP contribution in [0.5, 0.6) is 0 Å². The van der Waals surface area contributed by atoms with Crippen LogP contribution in [0, 0.1) is 6.92 Å². The third-order valence-corrected chi connectivity index (χ3v) is 6.03. The van der Waals surface area contributed by atoms with Gasteiger partial charge in [-0.25, -0.2) is 18.1 Å². The second-order valence-electron chi connectivity index (χ2n) is 6.52. The molecule has 0 aliphatic heterocycles. The second-order valence-corrected chi connectivity index (χ2v) is 8.29. The van der Waals surface area contributed by atoms with Crippen molar-refractivity contribution in [1.82, 2.24) is 19.3 Å². The molecule has 4 aromatic rings. The van der Waals surface area contributed by atoms with Crippen molar-refractivity contribution in [2.24, 2.45) is 0 Å². The zero-order valence-corrected chi connectivity index (χ0v) is 16.2.